The number of ether oxygens (including phenoxy) is 1. The highest BCUT2D eigenvalue weighted by atomic mass is 32.2. The Morgan fingerprint density at radius 1 is 1.00 bits per heavy atom. The van der Waals surface area contributed by atoms with Crippen molar-refractivity contribution in [2.24, 2.45) is 0 Å². The van der Waals surface area contributed by atoms with Crippen LogP contribution in [0.2, 0.25) is 0 Å². The minimum Gasteiger partial charge on any atom is -0.494 e. The van der Waals surface area contributed by atoms with E-state index in [0.717, 1.165) is 6.07 Å². The molecule has 3 aromatic rings. The van der Waals surface area contributed by atoms with Crippen molar-refractivity contribution in [1.82, 2.24) is 0 Å². The van der Waals surface area contributed by atoms with Gasteiger partial charge in [-0.1, -0.05) is 6.07 Å². The fourth-order valence-electron chi connectivity index (χ4n) is 2.81. The molecule has 3 rings (SSSR count). The molecule has 0 saturated carbocycles. The summed E-state index contributed by atoms with van der Waals surface area (Å²) in [6.07, 6.45) is 0. The molecule has 0 aliphatic carbocycles. The molecule has 32 heavy (non-hydrogen) atoms. The van der Waals surface area contributed by atoms with Crippen molar-refractivity contribution >= 4 is 27.4 Å². The van der Waals surface area contributed by atoms with E-state index in [-0.39, 0.29) is 21.9 Å². The molecule has 0 heterocycles. The number of carbonyl (C=O) groups excluding carboxylic acids is 1. The lowest BCUT2D eigenvalue weighted by Gasteiger charge is -2.10. The third-order valence-corrected chi connectivity index (χ3v) is 5.79. The monoisotopic (exact) mass is 456 g/mol. The summed E-state index contributed by atoms with van der Waals surface area (Å²) in [5, 5.41) is 13.7. The molecule has 9 nitrogen and oxygen atoms in total. The second-order valence-electron chi connectivity index (χ2n) is 6.68. The highest BCUT2D eigenvalue weighted by molar-refractivity contribution is 7.87. The molecule has 1 N–H and O–H groups in total. The predicted molar refractivity (Wildman–Crippen MR) is 118 cm³/mol. The summed E-state index contributed by atoms with van der Waals surface area (Å²) in [5.41, 5.74) is 0.804. The van der Waals surface area contributed by atoms with Crippen molar-refractivity contribution in [2.75, 3.05) is 11.9 Å². The van der Waals surface area contributed by atoms with Gasteiger partial charge in [0.05, 0.1) is 11.5 Å². The first-order valence-corrected chi connectivity index (χ1v) is 10.9. The Kier molecular flexibility index (Phi) is 6.74. The molecular weight excluding hydrogens is 436 g/mol. The van der Waals surface area contributed by atoms with Crippen LogP contribution < -0.4 is 14.2 Å². The largest absolute Gasteiger partial charge is 0.494 e. The Morgan fingerprint density at radius 2 is 1.62 bits per heavy atom. The number of anilines is 1. The zero-order chi connectivity index (χ0) is 23.3. The zero-order valence-electron chi connectivity index (χ0n) is 17.3. The summed E-state index contributed by atoms with van der Waals surface area (Å²) in [6, 6.07) is 15.9. The Balaban J connectivity index is 1.72. The number of nitrogens with zero attached hydrogens (tertiary/aromatic N) is 1. The van der Waals surface area contributed by atoms with Gasteiger partial charge in [-0.2, -0.15) is 8.42 Å². The third kappa shape index (κ3) is 5.41. The van der Waals surface area contributed by atoms with Crippen LogP contribution in [0.4, 0.5) is 11.4 Å². The molecule has 0 saturated heterocycles. The predicted octanol–water partition coefficient (Wildman–Crippen LogP) is 4.32. The molecule has 0 radical (unpaired) electrons. The Morgan fingerprint density at radius 3 is 2.22 bits per heavy atom. The number of aryl methyl sites for hydroxylation is 1. The van der Waals surface area contributed by atoms with Gasteiger partial charge in [0.1, 0.15) is 16.4 Å². The molecule has 0 unspecified atom stereocenters. The van der Waals surface area contributed by atoms with Crippen molar-refractivity contribution in [3.8, 4) is 11.5 Å². The number of hydrogen-bond donors (Lipinski definition) is 1. The van der Waals surface area contributed by atoms with Crippen LogP contribution >= 0.6 is 0 Å². The summed E-state index contributed by atoms with van der Waals surface area (Å²) in [4.78, 5) is 22.4. The van der Waals surface area contributed by atoms with Gasteiger partial charge in [0.15, 0.2) is 0 Å². The summed E-state index contributed by atoms with van der Waals surface area (Å²) in [5.74, 6) is 0.263. The molecule has 0 bridgehead atoms. The third-order valence-electron chi connectivity index (χ3n) is 4.40. The van der Waals surface area contributed by atoms with E-state index < -0.39 is 20.9 Å². The number of hydrogen-bond acceptors (Lipinski definition) is 7. The lowest BCUT2D eigenvalue weighted by Crippen LogP contribution is -2.13. The highest BCUT2D eigenvalue weighted by Crippen LogP contribution is 2.25. The van der Waals surface area contributed by atoms with Crippen molar-refractivity contribution in [3.05, 3.63) is 88.0 Å². The molecular formula is C22H20N2O7S. The average molecular weight is 456 g/mol. The first kappa shape index (κ1) is 22.8. The van der Waals surface area contributed by atoms with Crippen LogP contribution in [0.3, 0.4) is 0 Å². The van der Waals surface area contributed by atoms with Crippen molar-refractivity contribution < 1.29 is 27.1 Å². The Bertz CT molecular complexity index is 1240. The summed E-state index contributed by atoms with van der Waals surface area (Å²) in [6.45, 7) is 3.92. The molecule has 0 spiro atoms. The van der Waals surface area contributed by atoms with Crippen molar-refractivity contribution in [3.63, 3.8) is 0 Å². The van der Waals surface area contributed by atoms with Crippen molar-refractivity contribution in [2.45, 2.75) is 18.7 Å². The van der Waals surface area contributed by atoms with Gasteiger partial charge in [0.25, 0.3) is 11.6 Å². The van der Waals surface area contributed by atoms with Gasteiger partial charge in [-0.15, -0.1) is 0 Å². The molecule has 3 aromatic carbocycles. The van der Waals surface area contributed by atoms with Gasteiger partial charge < -0.3 is 14.2 Å². The van der Waals surface area contributed by atoms with Gasteiger partial charge in [-0.3, -0.25) is 14.9 Å². The molecule has 0 aromatic heterocycles. The molecule has 166 valence electrons. The second kappa shape index (κ2) is 9.48. The highest BCUT2D eigenvalue weighted by Gasteiger charge is 2.23. The average Bonchev–Trinajstić information content (AvgIpc) is 2.75. The number of nitro benzene ring substituents is 1. The minimum absolute atomic E-state index is 0.0338. The van der Waals surface area contributed by atoms with Crippen LogP contribution in [0.25, 0.3) is 0 Å². The van der Waals surface area contributed by atoms with Gasteiger partial charge in [-0.05, 0) is 67.9 Å². The fourth-order valence-corrected chi connectivity index (χ4v) is 3.99. The van der Waals surface area contributed by atoms with E-state index >= 15 is 0 Å². The molecule has 0 aliphatic rings. The lowest BCUT2D eigenvalue weighted by atomic mass is 10.2. The number of nitrogens with one attached hydrogen (secondary N) is 1. The summed E-state index contributed by atoms with van der Waals surface area (Å²) < 4.78 is 35.6. The van der Waals surface area contributed by atoms with Gasteiger partial charge in [-0.25, -0.2) is 0 Å². The molecule has 1 amide bonds. The first-order valence-electron chi connectivity index (χ1n) is 9.53. The van der Waals surface area contributed by atoms with Crippen LogP contribution in [0.1, 0.15) is 22.8 Å². The summed E-state index contributed by atoms with van der Waals surface area (Å²) in [7, 11) is -4.31. The SMILES string of the molecule is CCOc1ccc(NC(=O)c2ccc(OS(=O)(=O)c3cc([N+](=O)[O-])ccc3C)cc2)cc1. The van der Waals surface area contributed by atoms with Crippen molar-refractivity contribution in [1.29, 1.82) is 0 Å². The van der Waals surface area contributed by atoms with E-state index in [1.807, 2.05) is 6.92 Å². The van der Waals surface area contributed by atoms with Gasteiger partial charge >= 0.3 is 10.1 Å². The maximum absolute atomic E-state index is 12.6. The summed E-state index contributed by atoms with van der Waals surface area (Å²) >= 11 is 0. The maximum Gasteiger partial charge on any atom is 0.339 e. The fraction of sp³-hybridized carbons (Fsp3) is 0.136. The van der Waals surface area contributed by atoms with Crippen LogP contribution in [0.5, 0.6) is 11.5 Å². The molecule has 0 atom stereocenters. The number of benzene rings is 3. The number of non-ortho nitro benzene ring substituents is 1. The van der Waals surface area contributed by atoms with Gasteiger partial charge in [0.2, 0.25) is 0 Å². The van der Waals surface area contributed by atoms with Crippen LogP contribution in [0.15, 0.2) is 71.6 Å². The number of rotatable bonds is 8. The second-order valence-corrected chi connectivity index (χ2v) is 8.20. The van der Waals surface area contributed by atoms with E-state index in [2.05, 4.69) is 5.32 Å². The first-order chi connectivity index (χ1) is 15.2. The molecule has 0 aliphatic heterocycles. The Labute approximate surface area is 184 Å². The van der Waals surface area contributed by atoms with Crippen LogP contribution in [-0.2, 0) is 10.1 Å². The topological polar surface area (TPSA) is 125 Å². The molecule has 0 fully saturated rings. The quantitative estimate of drug-likeness (QED) is 0.304. The Hall–Kier alpha value is -3.92. The smallest absolute Gasteiger partial charge is 0.339 e. The van der Waals surface area contributed by atoms with E-state index in [0.29, 0.717) is 23.6 Å². The van der Waals surface area contributed by atoms with E-state index in [4.69, 9.17) is 8.92 Å². The lowest BCUT2D eigenvalue weighted by molar-refractivity contribution is -0.385. The number of carbonyl (C=O) groups is 1. The maximum atomic E-state index is 12.6. The van der Waals surface area contributed by atoms with E-state index in [1.54, 1.807) is 24.3 Å². The number of nitro groups is 1. The minimum atomic E-state index is -4.31. The van der Waals surface area contributed by atoms with E-state index in [9.17, 15) is 23.3 Å². The number of amides is 1. The van der Waals surface area contributed by atoms with Gasteiger partial charge in [0, 0.05) is 23.4 Å². The van der Waals surface area contributed by atoms with Crippen LogP contribution in [-0.4, -0.2) is 25.9 Å². The van der Waals surface area contributed by atoms with E-state index in [1.165, 1.54) is 43.3 Å². The zero-order valence-corrected chi connectivity index (χ0v) is 18.1. The van der Waals surface area contributed by atoms with Crippen LogP contribution in [0, 0.1) is 17.0 Å². The molecule has 10 heteroatoms. The normalized spacial score (nSPS) is 10.9. The standard InChI is InChI=1S/C22H20N2O7S/c1-3-30-19-12-7-17(8-13-19)23-22(25)16-5-10-20(11-6-16)31-32(28,29)21-14-18(24(26)27)9-4-15(21)2/h4-14H,3H2,1-2H3,(H,23,25).